The zero-order valence-electron chi connectivity index (χ0n) is 13.8. The third kappa shape index (κ3) is 4.90. The second kappa shape index (κ2) is 7.80. The zero-order valence-corrected chi connectivity index (χ0v) is 14.6. The molecule has 1 N–H and O–H groups in total. The minimum absolute atomic E-state index is 0.0134. The summed E-state index contributed by atoms with van der Waals surface area (Å²) in [6.07, 6.45) is 0.120. The molecule has 132 valence electrons. The Balaban J connectivity index is 1.64. The van der Waals surface area contributed by atoms with Gasteiger partial charge in [0.15, 0.2) is 9.84 Å². The number of hydrogen-bond donors (Lipinski definition) is 1. The van der Waals surface area contributed by atoms with Gasteiger partial charge < -0.3 is 10.1 Å². The number of carbonyl (C=O) groups is 1. The molecule has 1 aliphatic heterocycles. The Morgan fingerprint density at radius 3 is 2.08 bits per heavy atom. The molecule has 1 fully saturated rings. The molecule has 0 bridgehead atoms. The third-order valence-electron chi connectivity index (χ3n) is 4.18. The van der Waals surface area contributed by atoms with E-state index in [9.17, 15) is 13.2 Å². The Labute approximate surface area is 147 Å². The molecule has 6 heteroatoms. The third-order valence-corrected chi connectivity index (χ3v) is 5.95. The van der Waals surface area contributed by atoms with Gasteiger partial charge in [0.25, 0.3) is 0 Å². The number of carbonyl (C=O) groups excluding carboxylic acids is 1. The van der Waals surface area contributed by atoms with Crippen molar-refractivity contribution in [2.75, 3.05) is 18.1 Å². The second-order valence-corrected chi connectivity index (χ2v) is 8.41. The molecule has 1 amide bonds. The van der Waals surface area contributed by atoms with E-state index in [1.165, 1.54) is 0 Å². The molecule has 0 saturated carbocycles. The van der Waals surface area contributed by atoms with Crippen LogP contribution in [0.1, 0.15) is 23.7 Å². The fourth-order valence-corrected chi connectivity index (χ4v) is 4.65. The summed E-state index contributed by atoms with van der Waals surface area (Å²) < 4.78 is 28.8. The predicted octanol–water partition coefficient (Wildman–Crippen LogP) is 2.10. The van der Waals surface area contributed by atoms with Crippen LogP contribution in [0.15, 0.2) is 60.7 Å². The van der Waals surface area contributed by atoms with Crippen LogP contribution in [0.25, 0.3) is 0 Å². The molecule has 1 aliphatic rings. The maximum absolute atomic E-state index is 12.1. The Bertz CT molecular complexity index is 766. The number of hydrogen-bond acceptors (Lipinski definition) is 4. The normalized spacial score (nSPS) is 19.0. The molecule has 3 rings (SSSR count). The lowest BCUT2D eigenvalue weighted by Crippen LogP contribution is -2.38. The fourth-order valence-electron chi connectivity index (χ4n) is 2.98. The van der Waals surface area contributed by atoms with Crippen molar-refractivity contribution in [3.8, 4) is 0 Å². The number of ether oxygens (including phenoxy) is 1. The molecule has 1 atom stereocenters. The molecule has 0 spiro atoms. The monoisotopic (exact) mass is 359 g/mol. The van der Waals surface area contributed by atoms with Gasteiger partial charge in [-0.1, -0.05) is 60.7 Å². The van der Waals surface area contributed by atoms with Gasteiger partial charge in [-0.05, 0) is 17.5 Å². The van der Waals surface area contributed by atoms with E-state index in [2.05, 4.69) is 5.32 Å². The van der Waals surface area contributed by atoms with Gasteiger partial charge in [0.05, 0.1) is 11.5 Å². The average Bonchev–Trinajstić information content (AvgIpc) is 2.95. The summed E-state index contributed by atoms with van der Waals surface area (Å²) in [5.41, 5.74) is 1.93. The van der Waals surface area contributed by atoms with E-state index in [1.54, 1.807) is 0 Å². The van der Waals surface area contributed by atoms with Gasteiger partial charge in [0.2, 0.25) is 5.91 Å². The van der Waals surface area contributed by atoms with Crippen molar-refractivity contribution in [1.82, 2.24) is 5.32 Å². The highest BCUT2D eigenvalue weighted by Gasteiger charge is 2.29. The molecule has 2 aromatic rings. The minimum atomic E-state index is -3.01. The lowest BCUT2D eigenvalue weighted by Gasteiger charge is -2.19. The number of sulfone groups is 1. The maximum atomic E-state index is 12.1. The minimum Gasteiger partial charge on any atom is -0.359 e. The van der Waals surface area contributed by atoms with E-state index in [1.807, 2.05) is 60.7 Å². The van der Waals surface area contributed by atoms with Gasteiger partial charge in [-0.15, -0.1) is 0 Å². The lowest BCUT2D eigenvalue weighted by molar-refractivity contribution is -0.127. The van der Waals surface area contributed by atoms with Crippen molar-refractivity contribution in [3.05, 3.63) is 71.8 Å². The summed E-state index contributed by atoms with van der Waals surface area (Å²) in [4.78, 5) is 12.1. The van der Waals surface area contributed by atoms with Crippen LogP contribution in [0.5, 0.6) is 0 Å². The second-order valence-electron chi connectivity index (χ2n) is 6.18. The Morgan fingerprint density at radius 1 is 1.04 bits per heavy atom. The quantitative estimate of drug-likeness (QED) is 0.857. The standard InChI is InChI=1S/C19H21NO4S/c21-18(20-17-11-12-25(22,23)14-17)13-24-19(15-7-3-1-4-8-15)16-9-5-2-6-10-16/h1-10,17,19H,11-14H2,(H,20,21)/t17-/m0/s1. The predicted molar refractivity (Wildman–Crippen MR) is 95.9 cm³/mol. The van der Waals surface area contributed by atoms with Crippen molar-refractivity contribution in [3.63, 3.8) is 0 Å². The van der Waals surface area contributed by atoms with Crippen molar-refractivity contribution in [1.29, 1.82) is 0 Å². The molecule has 25 heavy (non-hydrogen) atoms. The molecule has 0 unspecified atom stereocenters. The summed E-state index contributed by atoms with van der Waals surface area (Å²) >= 11 is 0. The summed E-state index contributed by atoms with van der Waals surface area (Å²) in [5.74, 6) is -0.145. The molecule has 0 radical (unpaired) electrons. The smallest absolute Gasteiger partial charge is 0.246 e. The van der Waals surface area contributed by atoms with Crippen molar-refractivity contribution >= 4 is 15.7 Å². The Kier molecular flexibility index (Phi) is 5.50. The Morgan fingerprint density at radius 2 is 1.60 bits per heavy atom. The first kappa shape index (κ1) is 17.6. The van der Waals surface area contributed by atoms with Crippen LogP contribution < -0.4 is 5.32 Å². The van der Waals surface area contributed by atoms with Crippen LogP contribution in [0, 0.1) is 0 Å². The van der Waals surface area contributed by atoms with E-state index in [0.29, 0.717) is 6.42 Å². The molecule has 2 aromatic carbocycles. The highest BCUT2D eigenvalue weighted by molar-refractivity contribution is 7.91. The molecular weight excluding hydrogens is 338 g/mol. The van der Waals surface area contributed by atoms with Crippen molar-refractivity contribution in [2.45, 2.75) is 18.6 Å². The van der Waals surface area contributed by atoms with Crippen LogP contribution in [0.3, 0.4) is 0 Å². The highest BCUT2D eigenvalue weighted by Crippen LogP contribution is 2.25. The van der Waals surface area contributed by atoms with Crippen molar-refractivity contribution in [2.24, 2.45) is 0 Å². The van der Waals surface area contributed by atoms with Crippen LogP contribution in [-0.2, 0) is 19.4 Å². The molecule has 5 nitrogen and oxygen atoms in total. The van der Waals surface area contributed by atoms with E-state index < -0.39 is 9.84 Å². The number of rotatable bonds is 6. The molecule has 1 heterocycles. The first-order valence-corrected chi connectivity index (χ1v) is 10.1. The van der Waals surface area contributed by atoms with E-state index in [0.717, 1.165) is 11.1 Å². The van der Waals surface area contributed by atoms with E-state index >= 15 is 0 Å². The number of nitrogens with one attached hydrogen (secondary N) is 1. The molecular formula is C19H21NO4S. The van der Waals surface area contributed by atoms with Crippen LogP contribution in [0.4, 0.5) is 0 Å². The SMILES string of the molecule is O=C(COC(c1ccccc1)c1ccccc1)N[C@H]1CCS(=O)(=O)C1. The van der Waals surface area contributed by atoms with Gasteiger partial charge in [-0.2, -0.15) is 0 Å². The average molecular weight is 359 g/mol. The van der Waals surface area contributed by atoms with Gasteiger partial charge >= 0.3 is 0 Å². The van der Waals surface area contributed by atoms with E-state index in [-0.39, 0.29) is 36.2 Å². The largest absolute Gasteiger partial charge is 0.359 e. The van der Waals surface area contributed by atoms with Crippen LogP contribution >= 0.6 is 0 Å². The summed E-state index contributed by atoms with van der Waals surface area (Å²) in [6.45, 7) is -0.120. The van der Waals surface area contributed by atoms with Gasteiger partial charge in [-0.3, -0.25) is 4.79 Å². The Hall–Kier alpha value is -2.18. The maximum Gasteiger partial charge on any atom is 0.246 e. The fraction of sp³-hybridized carbons (Fsp3) is 0.316. The molecule has 1 saturated heterocycles. The first-order chi connectivity index (χ1) is 12.0. The summed E-state index contributed by atoms with van der Waals surface area (Å²) in [5, 5.41) is 2.75. The zero-order chi connectivity index (χ0) is 17.7. The summed E-state index contributed by atoms with van der Waals surface area (Å²) in [6, 6.07) is 19.1. The van der Waals surface area contributed by atoms with Crippen LogP contribution in [-0.4, -0.2) is 38.5 Å². The topological polar surface area (TPSA) is 72.5 Å². The van der Waals surface area contributed by atoms with Crippen LogP contribution in [0.2, 0.25) is 0 Å². The first-order valence-electron chi connectivity index (χ1n) is 8.25. The highest BCUT2D eigenvalue weighted by atomic mass is 32.2. The van der Waals surface area contributed by atoms with E-state index in [4.69, 9.17) is 4.74 Å². The number of amides is 1. The molecule has 0 aliphatic carbocycles. The lowest BCUT2D eigenvalue weighted by atomic mass is 10.0. The summed E-state index contributed by atoms with van der Waals surface area (Å²) in [7, 11) is -3.01. The van der Waals surface area contributed by atoms with Gasteiger partial charge in [0.1, 0.15) is 12.7 Å². The molecule has 0 aromatic heterocycles. The van der Waals surface area contributed by atoms with Crippen molar-refractivity contribution < 1.29 is 17.9 Å². The van der Waals surface area contributed by atoms with Gasteiger partial charge in [-0.25, -0.2) is 8.42 Å². The van der Waals surface area contributed by atoms with Gasteiger partial charge in [0, 0.05) is 6.04 Å². The number of benzene rings is 2.